The molecule has 0 bridgehead atoms. The Morgan fingerprint density at radius 1 is 1.23 bits per heavy atom. The predicted molar refractivity (Wildman–Crippen MR) is 103 cm³/mol. The average molecular weight is 411 g/mol. The Hall–Kier alpha value is -2.86. The van der Waals surface area contributed by atoms with Crippen molar-refractivity contribution in [3.05, 3.63) is 64.9 Å². The van der Waals surface area contributed by atoms with Crippen molar-refractivity contribution in [1.82, 2.24) is 9.71 Å². The van der Waals surface area contributed by atoms with E-state index in [4.69, 9.17) is 4.74 Å². The number of nitrogens with zero attached hydrogens (tertiary/aromatic N) is 2. The third-order valence-corrected chi connectivity index (χ3v) is 4.76. The number of aromatic nitrogens is 2. The van der Waals surface area contributed by atoms with Gasteiger partial charge in [0.1, 0.15) is 0 Å². The zero-order chi connectivity index (χ0) is 18.3. The lowest BCUT2D eigenvalue weighted by atomic mass is 9.96. The molecular weight excluding hydrogens is 396 g/mol. The van der Waals surface area contributed by atoms with Gasteiger partial charge in [-0.1, -0.05) is 46.3 Å². The molecule has 0 atom stereocenters. The van der Waals surface area contributed by atoms with E-state index in [0.717, 1.165) is 20.2 Å². The SMILES string of the molecule is CCOC(=O)c1ncc2c(-c3ccccc3)n(O)c3ccc(Br)cc3c1-2. The Morgan fingerprint density at radius 3 is 2.73 bits per heavy atom. The first-order valence-electron chi connectivity index (χ1n) is 8.16. The van der Waals surface area contributed by atoms with Gasteiger partial charge in [-0.2, -0.15) is 4.73 Å². The predicted octanol–water partition coefficient (Wildman–Crippen LogP) is 4.98. The van der Waals surface area contributed by atoms with E-state index in [0.29, 0.717) is 22.3 Å². The van der Waals surface area contributed by atoms with Crippen LogP contribution in [0.2, 0.25) is 0 Å². The van der Waals surface area contributed by atoms with Crippen LogP contribution in [-0.2, 0) is 4.74 Å². The van der Waals surface area contributed by atoms with Gasteiger partial charge in [0, 0.05) is 32.7 Å². The van der Waals surface area contributed by atoms with Crippen molar-refractivity contribution in [2.45, 2.75) is 6.92 Å². The molecule has 0 aromatic heterocycles. The van der Waals surface area contributed by atoms with Gasteiger partial charge in [-0.05, 0) is 25.1 Å². The zero-order valence-electron chi connectivity index (χ0n) is 13.9. The summed E-state index contributed by atoms with van der Waals surface area (Å²) in [6.45, 7) is 2.03. The van der Waals surface area contributed by atoms with Gasteiger partial charge in [0.15, 0.2) is 5.69 Å². The van der Waals surface area contributed by atoms with Crippen LogP contribution >= 0.6 is 15.9 Å². The second kappa shape index (κ2) is 6.46. The first kappa shape index (κ1) is 16.6. The van der Waals surface area contributed by atoms with E-state index in [-0.39, 0.29) is 12.3 Å². The maximum absolute atomic E-state index is 12.4. The largest absolute Gasteiger partial charge is 0.461 e. The van der Waals surface area contributed by atoms with E-state index < -0.39 is 5.97 Å². The van der Waals surface area contributed by atoms with E-state index in [1.54, 1.807) is 19.2 Å². The lowest BCUT2D eigenvalue weighted by molar-refractivity contribution is 0.0521. The first-order chi connectivity index (χ1) is 12.6. The summed E-state index contributed by atoms with van der Waals surface area (Å²) in [6.07, 6.45) is 1.61. The number of hydrogen-bond acceptors (Lipinski definition) is 4. The van der Waals surface area contributed by atoms with E-state index in [1.165, 1.54) is 0 Å². The highest BCUT2D eigenvalue weighted by molar-refractivity contribution is 9.10. The van der Waals surface area contributed by atoms with Gasteiger partial charge in [0.05, 0.1) is 17.8 Å². The van der Waals surface area contributed by atoms with Crippen LogP contribution in [0.5, 0.6) is 0 Å². The van der Waals surface area contributed by atoms with Crippen LogP contribution in [0.4, 0.5) is 0 Å². The van der Waals surface area contributed by atoms with Gasteiger partial charge in [0.25, 0.3) is 0 Å². The van der Waals surface area contributed by atoms with Crippen molar-refractivity contribution in [2.24, 2.45) is 0 Å². The van der Waals surface area contributed by atoms with Crippen molar-refractivity contribution in [1.29, 1.82) is 0 Å². The molecule has 0 saturated heterocycles. The molecule has 0 unspecified atom stereocenters. The number of ether oxygens (including phenoxy) is 1. The maximum atomic E-state index is 12.4. The van der Waals surface area contributed by atoms with Crippen LogP contribution < -0.4 is 0 Å². The summed E-state index contributed by atoms with van der Waals surface area (Å²) in [5.74, 6) is -0.474. The summed E-state index contributed by atoms with van der Waals surface area (Å²) in [6, 6.07) is 15.0. The fourth-order valence-corrected chi connectivity index (χ4v) is 3.55. The molecule has 2 aromatic carbocycles. The third-order valence-electron chi connectivity index (χ3n) is 4.27. The highest BCUT2D eigenvalue weighted by Crippen LogP contribution is 2.42. The van der Waals surface area contributed by atoms with Crippen LogP contribution in [0, 0.1) is 0 Å². The monoisotopic (exact) mass is 410 g/mol. The Kier molecular flexibility index (Phi) is 4.12. The van der Waals surface area contributed by atoms with Crippen molar-refractivity contribution >= 4 is 32.8 Å². The van der Waals surface area contributed by atoms with Crippen molar-refractivity contribution in [3.63, 3.8) is 0 Å². The second-order valence-electron chi connectivity index (χ2n) is 5.80. The Morgan fingerprint density at radius 2 is 2.00 bits per heavy atom. The summed E-state index contributed by atoms with van der Waals surface area (Å²) in [4.78, 5) is 16.7. The molecule has 5 nitrogen and oxygen atoms in total. The molecule has 26 heavy (non-hydrogen) atoms. The number of carbonyl (C=O) groups is 1. The normalized spacial score (nSPS) is 11.2. The number of rotatable bonds is 3. The number of esters is 1. The minimum atomic E-state index is -0.474. The first-order valence-corrected chi connectivity index (χ1v) is 8.95. The highest BCUT2D eigenvalue weighted by atomic mass is 79.9. The summed E-state index contributed by atoms with van der Waals surface area (Å²) >= 11 is 3.46. The maximum Gasteiger partial charge on any atom is 0.357 e. The Bertz CT molecular complexity index is 1090. The molecule has 6 heteroatoms. The number of benzene rings is 2. The van der Waals surface area contributed by atoms with Crippen molar-refractivity contribution in [3.8, 4) is 22.4 Å². The molecule has 0 radical (unpaired) electrons. The number of hydrogen-bond donors (Lipinski definition) is 1. The minimum Gasteiger partial charge on any atom is -0.461 e. The number of pyridine rings is 1. The molecule has 2 aromatic rings. The Balaban J connectivity index is 2.12. The molecular formula is C20H15BrN2O3. The molecule has 130 valence electrons. The molecule has 0 aliphatic carbocycles. The zero-order valence-corrected chi connectivity index (χ0v) is 15.5. The number of fused-ring (bicyclic) bond motifs is 3. The molecule has 2 aliphatic rings. The van der Waals surface area contributed by atoms with Gasteiger partial charge in [-0.15, -0.1) is 0 Å². The van der Waals surface area contributed by atoms with Gasteiger partial charge in [0.2, 0.25) is 0 Å². The lowest BCUT2D eigenvalue weighted by Crippen LogP contribution is -2.08. The summed E-state index contributed by atoms with van der Waals surface area (Å²) in [5, 5.41) is 11.6. The summed E-state index contributed by atoms with van der Waals surface area (Å²) < 4.78 is 7.16. The van der Waals surface area contributed by atoms with Gasteiger partial charge in [-0.25, -0.2) is 9.78 Å². The van der Waals surface area contributed by atoms with Gasteiger partial charge < -0.3 is 9.94 Å². The van der Waals surface area contributed by atoms with Crippen LogP contribution in [0.15, 0.2) is 59.2 Å². The van der Waals surface area contributed by atoms with E-state index in [1.807, 2.05) is 42.5 Å². The molecule has 0 saturated carbocycles. The second-order valence-corrected chi connectivity index (χ2v) is 6.72. The molecule has 0 fully saturated rings. The van der Waals surface area contributed by atoms with Crippen LogP contribution in [0.1, 0.15) is 17.4 Å². The van der Waals surface area contributed by atoms with Gasteiger partial charge in [-0.3, -0.25) is 0 Å². The summed E-state index contributed by atoms with van der Waals surface area (Å²) in [5.41, 5.74) is 3.60. The minimum absolute atomic E-state index is 0.253. The molecule has 0 spiro atoms. The fraction of sp³-hybridized carbons (Fsp3) is 0.100. The van der Waals surface area contributed by atoms with Crippen molar-refractivity contribution < 1.29 is 14.7 Å². The molecule has 1 N–H and O–H groups in total. The van der Waals surface area contributed by atoms with Crippen LogP contribution in [-0.4, -0.2) is 27.5 Å². The number of carbonyl (C=O) groups excluding carboxylic acids is 1. The molecule has 2 heterocycles. The van der Waals surface area contributed by atoms with Crippen LogP contribution in [0.3, 0.4) is 0 Å². The standard InChI is InChI=1S/C20H15BrN2O3/c1-2-26-20(24)18-17-14-10-13(21)8-9-16(14)23(25)19(15(17)11-22-18)12-6-4-3-5-7-12/h3-11,25H,2H2,1H3. The molecule has 2 aliphatic heterocycles. The Labute approximate surface area is 158 Å². The van der Waals surface area contributed by atoms with Crippen LogP contribution in [0.25, 0.3) is 33.3 Å². The van der Waals surface area contributed by atoms with E-state index in [9.17, 15) is 10.0 Å². The van der Waals surface area contributed by atoms with E-state index in [2.05, 4.69) is 20.9 Å². The fourth-order valence-electron chi connectivity index (χ4n) is 3.19. The number of halogens is 1. The van der Waals surface area contributed by atoms with E-state index >= 15 is 0 Å². The average Bonchev–Trinajstić information content (AvgIpc) is 3.08. The summed E-state index contributed by atoms with van der Waals surface area (Å²) in [7, 11) is 0. The highest BCUT2D eigenvalue weighted by Gasteiger charge is 2.27. The smallest absolute Gasteiger partial charge is 0.357 e. The quantitative estimate of drug-likeness (QED) is 0.381. The molecule has 0 amide bonds. The lowest BCUT2D eigenvalue weighted by Gasteiger charge is -2.18. The third kappa shape index (κ3) is 2.54. The van der Waals surface area contributed by atoms with Crippen molar-refractivity contribution in [2.75, 3.05) is 6.61 Å². The van der Waals surface area contributed by atoms with Gasteiger partial charge >= 0.3 is 5.97 Å². The topological polar surface area (TPSA) is 64.3 Å². The molecule has 4 rings (SSSR count).